The van der Waals surface area contributed by atoms with Crippen LogP contribution < -0.4 is 15.2 Å². The first-order valence-corrected chi connectivity index (χ1v) is 10.3. The molecule has 0 unspecified atom stereocenters. The summed E-state index contributed by atoms with van der Waals surface area (Å²) in [7, 11) is 3.19. The number of likely N-dealkylation sites (tertiary alicyclic amines) is 1. The molecule has 4 rings (SSSR count). The molecular formula is C23H26N4O4. The largest absolute Gasteiger partial charge is 0.497 e. The molecule has 0 bridgehead atoms. The third-order valence-corrected chi connectivity index (χ3v) is 5.77. The van der Waals surface area contributed by atoms with Crippen molar-refractivity contribution in [1.82, 2.24) is 19.7 Å². The number of aromatic nitrogens is 3. The van der Waals surface area contributed by atoms with Gasteiger partial charge in [0.15, 0.2) is 0 Å². The van der Waals surface area contributed by atoms with Gasteiger partial charge in [-0.1, -0.05) is 24.3 Å². The van der Waals surface area contributed by atoms with E-state index in [2.05, 4.69) is 10.2 Å². The van der Waals surface area contributed by atoms with Gasteiger partial charge in [0.2, 0.25) is 0 Å². The number of hydrogen-bond acceptors (Lipinski definition) is 5. The van der Waals surface area contributed by atoms with Crippen LogP contribution in [0.1, 0.15) is 40.5 Å². The third kappa shape index (κ3) is 4.33. The molecule has 0 saturated carbocycles. The van der Waals surface area contributed by atoms with E-state index in [0.717, 1.165) is 30.0 Å². The molecule has 162 valence electrons. The fourth-order valence-corrected chi connectivity index (χ4v) is 4.04. The summed E-state index contributed by atoms with van der Waals surface area (Å²) in [6, 6.07) is 14.9. The van der Waals surface area contributed by atoms with E-state index >= 15 is 0 Å². The summed E-state index contributed by atoms with van der Waals surface area (Å²) in [5.74, 6) is 2.17. The second kappa shape index (κ2) is 9.07. The van der Waals surface area contributed by atoms with Crippen molar-refractivity contribution in [3.63, 3.8) is 0 Å². The number of benzene rings is 2. The maximum Gasteiger partial charge on any atom is 0.343 e. The van der Waals surface area contributed by atoms with Crippen LogP contribution in [0.4, 0.5) is 0 Å². The molecule has 1 aliphatic heterocycles. The Balaban J connectivity index is 1.45. The highest BCUT2D eigenvalue weighted by molar-refractivity contribution is 5.97. The van der Waals surface area contributed by atoms with Crippen LogP contribution in [-0.2, 0) is 6.54 Å². The zero-order valence-corrected chi connectivity index (χ0v) is 17.7. The van der Waals surface area contributed by atoms with Gasteiger partial charge in [-0.25, -0.2) is 9.89 Å². The highest BCUT2D eigenvalue weighted by Crippen LogP contribution is 2.28. The highest BCUT2D eigenvalue weighted by atomic mass is 16.5. The normalized spacial score (nSPS) is 14.5. The number of hydrogen-bond donors (Lipinski definition) is 1. The van der Waals surface area contributed by atoms with Gasteiger partial charge in [-0.2, -0.15) is 5.10 Å². The minimum absolute atomic E-state index is 0.0337. The van der Waals surface area contributed by atoms with Crippen LogP contribution in [0.2, 0.25) is 0 Å². The predicted octanol–water partition coefficient (Wildman–Crippen LogP) is 2.66. The predicted molar refractivity (Wildman–Crippen MR) is 116 cm³/mol. The van der Waals surface area contributed by atoms with E-state index in [1.807, 2.05) is 41.3 Å². The summed E-state index contributed by atoms with van der Waals surface area (Å²) in [6.07, 6.45) is 1.49. The number of aromatic amines is 1. The van der Waals surface area contributed by atoms with E-state index in [1.165, 1.54) is 0 Å². The lowest BCUT2D eigenvalue weighted by atomic mass is 9.95. The Kier molecular flexibility index (Phi) is 6.06. The van der Waals surface area contributed by atoms with Gasteiger partial charge < -0.3 is 14.4 Å². The molecule has 1 amide bonds. The number of H-pyrrole nitrogens is 1. The van der Waals surface area contributed by atoms with Gasteiger partial charge in [0.05, 0.1) is 26.3 Å². The van der Waals surface area contributed by atoms with E-state index in [1.54, 1.807) is 30.9 Å². The number of rotatable bonds is 6. The maximum absolute atomic E-state index is 12.9. The molecule has 1 aromatic heterocycles. The fourth-order valence-electron chi connectivity index (χ4n) is 4.04. The number of ether oxygens (including phenoxy) is 2. The van der Waals surface area contributed by atoms with E-state index in [-0.39, 0.29) is 17.5 Å². The first-order valence-electron chi connectivity index (χ1n) is 10.3. The van der Waals surface area contributed by atoms with Gasteiger partial charge in [-0.15, -0.1) is 0 Å². The second-order valence-corrected chi connectivity index (χ2v) is 7.59. The van der Waals surface area contributed by atoms with Crippen LogP contribution in [0.3, 0.4) is 0 Å². The topological polar surface area (TPSA) is 89.4 Å². The van der Waals surface area contributed by atoms with Crippen LogP contribution in [0.5, 0.6) is 11.5 Å². The lowest BCUT2D eigenvalue weighted by Crippen LogP contribution is -2.38. The average molecular weight is 422 g/mol. The van der Waals surface area contributed by atoms with Crippen molar-refractivity contribution in [3.05, 3.63) is 76.0 Å². The number of carbonyl (C=O) groups excluding carboxylic acids is 1. The summed E-state index contributed by atoms with van der Waals surface area (Å²) >= 11 is 0. The standard InChI is InChI=1S/C23H26N4O4/c1-30-18-9-7-16(8-10-18)15-27-21(24-25-23(27)29)17-11-13-26(14-12-17)22(28)19-5-3-4-6-20(19)31-2/h3-10,17H,11-15H2,1-2H3,(H,25,29). The Morgan fingerprint density at radius 2 is 1.77 bits per heavy atom. The van der Waals surface area contributed by atoms with Crippen LogP contribution in [0.25, 0.3) is 0 Å². The molecule has 31 heavy (non-hydrogen) atoms. The fraction of sp³-hybridized carbons (Fsp3) is 0.348. The monoisotopic (exact) mass is 422 g/mol. The maximum atomic E-state index is 12.9. The number of amides is 1. The second-order valence-electron chi connectivity index (χ2n) is 7.59. The Morgan fingerprint density at radius 3 is 2.45 bits per heavy atom. The molecule has 0 atom stereocenters. The van der Waals surface area contributed by atoms with Crippen LogP contribution in [0.15, 0.2) is 53.3 Å². The van der Waals surface area contributed by atoms with Crippen molar-refractivity contribution in [2.75, 3.05) is 27.3 Å². The summed E-state index contributed by atoms with van der Waals surface area (Å²) < 4.78 is 12.2. The Hall–Kier alpha value is -3.55. The zero-order valence-electron chi connectivity index (χ0n) is 17.7. The highest BCUT2D eigenvalue weighted by Gasteiger charge is 2.29. The van der Waals surface area contributed by atoms with Gasteiger partial charge in [0, 0.05) is 19.0 Å². The molecule has 0 radical (unpaired) electrons. The lowest BCUT2D eigenvalue weighted by Gasteiger charge is -2.32. The van der Waals surface area contributed by atoms with Crippen molar-refractivity contribution < 1.29 is 14.3 Å². The van der Waals surface area contributed by atoms with E-state index in [0.29, 0.717) is 30.9 Å². The Morgan fingerprint density at radius 1 is 1.06 bits per heavy atom. The first-order chi connectivity index (χ1) is 15.1. The molecule has 1 fully saturated rings. The van der Waals surface area contributed by atoms with Crippen LogP contribution in [0, 0.1) is 0 Å². The number of piperidine rings is 1. The summed E-state index contributed by atoms with van der Waals surface area (Å²) in [6.45, 7) is 1.64. The third-order valence-electron chi connectivity index (χ3n) is 5.77. The molecule has 1 saturated heterocycles. The SMILES string of the molecule is COc1ccc(Cn2c(C3CCN(C(=O)c4ccccc4OC)CC3)n[nH]c2=O)cc1. The van der Waals surface area contributed by atoms with Gasteiger partial charge in [0.1, 0.15) is 17.3 Å². The molecule has 2 aromatic carbocycles. The van der Waals surface area contributed by atoms with Gasteiger partial charge in [-0.05, 0) is 42.7 Å². The number of para-hydroxylation sites is 1. The van der Waals surface area contributed by atoms with Crippen molar-refractivity contribution in [2.45, 2.75) is 25.3 Å². The molecule has 8 heteroatoms. The molecule has 0 aliphatic carbocycles. The molecular weight excluding hydrogens is 396 g/mol. The van der Waals surface area contributed by atoms with E-state index in [9.17, 15) is 9.59 Å². The van der Waals surface area contributed by atoms with Crippen molar-refractivity contribution >= 4 is 5.91 Å². The number of nitrogens with zero attached hydrogens (tertiary/aromatic N) is 3. The minimum atomic E-state index is -0.224. The molecule has 2 heterocycles. The lowest BCUT2D eigenvalue weighted by molar-refractivity contribution is 0.0707. The summed E-state index contributed by atoms with van der Waals surface area (Å²) in [5.41, 5.74) is 1.34. The Labute approximate surface area is 180 Å². The van der Waals surface area contributed by atoms with E-state index in [4.69, 9.17) is 9.47 Å². The zero-order chi connectivity index (χ0) is 21.8. The number of methoxy groups -OCH3 is 2. The number of carbonyl (C=O) groups is 1. The molecule has 1 N–H and O–H groups in total. The van der Waals surface area contributed by atoms with Crippen molar-refractivity contribution in [1.29, 1.82) is 0 Å². The van der Waals surface area contributed by atoms with Crippen molar-refractivity contribution in [2.24, 2.45) is 0 Å². The molecule has 1 aliphatic rings. The van der Waals surface area contributed by atoms with Crippen LogP contribution >= 0.6 is 0 Å². The van der Waals surface area contributed by atoms with Crippen molar-refractivity contribution in [3.8, 4) is 11.5 Å². The Bertz CT molecular complexity index is 1100. The molecule has 8 nitrogen and oxygen atoms in total. The van der Waals surface area contributed by atoms with Gasteiger partial charge in [0.25, 0.3) is 5.91 Å². The smallest absolute Gasteiger partial charge is 0.343 e. The molecule has 0 spiro atoms. The van der Waals surface area contributed by atoms with Gasteiger partial charge >= 0.3 is 5.69 Å². The minimum Gasteiger partial charge on any atom is -0.497 e. The number of nitrogens with one attached hydrogen (secondary N) is 1. The van der Waals surface area contributed by atoms with E-state index < -0.39 is 0 Å². The quantitative estimate of drug-likeness (QED) is 0.660. The van der Waals surface area contributed by atoms with Crippen LogP contribution in [-0.4, -0.2) is 52.9 Å². The molecule has 3 aromatic rings. The van der Waals surface area contributed by atoms with Gasteiger partial charge in [-0.3, -0.25) is 9.36 Å². The average Bonchev–Trinajstić information content (AvgIpc) is 3.19. The summed E-state index contributed by atoms with van der Waals surface area (Å²) in [5, 5.41) is 6.89. The first kappa shape index (κ1) is 20.7. The summed E-state index contributed by atoms with van der Waals surface area (Å²) in [4.78, 5) is 27.2.